The molecule has 0 aliphatic heterocycles. The maximum absolute atomic E-state index is 13.1. The molecule has 20 heavy (non-hydrogen) atoms. The number of aromatic nitrogens is 1. The fourth-order valence-electron chi connectivity index (χ4n) is 2.01. The Hall–Kier alpha value is -1.94. The lowest BCUT2D eigenvalue weighted by Crippen LogP contribution is -2.01. The first kappa shape index (κ1) is 14.5. The van der Waals surface area contributed by atoms with Gasteiger partial charge in [0, 0.05) is 18.3 Å². The number of hydrogen-bond acceptors (Lipinski definition) is 3. The van der Waals surface area contributed by atoms with Crippen LogP contribution in [0.25, 0.3) is 0 Å². The Morgan fingerprint density at radius 3 is 2.70 bits per heavy atom. The van der Waals surface area contributed by atoms with E-state index >= 15 is 0 Å². The average molecular weight is 274 g/mol. The van der Waals surface area contributed by atoms with Crippen LogP contribution in [0, 0.1) is 12.7 Å². The first-order valence-electron chi connectivity index (χ1n) is 6.76. The van der Waals surface area contributed by atoms with Crippen molar-refractivity contribution in [2.75, 3.05) is 0 Å². The predicted molar refractivity (Wildman–Crippen MR) is 77.3 cm³/mol. The standard InChI is InChI=1S/C16H19FN2O/c1-3-4-14-8-12(10-18)9-16(19-14)20-15-6-5-13(17)7-11(15)2/h5-9H,3-4,10,18H2,1-2H3. The fourth-order valence-corrected chi connectivity index (χ4v) is 2.01. The van der Waals surface area contributed by atoms with Gasteiger partial charge in [-0.2, -0.15) is 0 Å². The van der Waals surface area contributed by atoms with Crippen LogP contribution in [-0.2, 0) is 13.0 Å². The van der Waals surface area contributed by atoms with Gasteiger partial charge < -0.3 is 10.5 Å². The Labute approximate surface area is 118 Å². The lowest BCUT2D eigenvalue weighted by atomic mass is 10.1. The summed E-state index contributed by atoms with van der Waals surface area (Å²) in [7, 11) is 0. The van der Waals surface area contributed by atoms with Crippen LogP contribution in [0.1, 0.15) is 30.2 Å². The van der Waals surface area contributed by atoms with Gasteiger partial charge >= 0.3 is 0 Å². The van der Waals surface area contributed by atoms with E-state index in [1.165, 1.54) is 12.1 Å². The quantitative estimate of drug-likeness (QED) is 0.903. The normalized spacial score (nSPS) is 10.6. The third kappa shape index (κ3) is 3.54. The van der Waals surface area contributed by atoms with Gasteiger partial charge in [0.15, 0.2) is 0 Å². The van der Waals surface area contributed by atoms with Gasteiger partial charge in [-0.15, -0.1) is 0 Å². The molecule has 1 aromatic heterocycles. The number of ether oxygens (including phenoxy) is 1. The predicted octanol–water partition coefficient (Wildman–Crippen LogP) is 3.73. The van der Waals surface area contributed by atoms with Gasteiger partial charge in [-0.3, -0.25) is 0 Å². The van der Waals surface area contributed by atoms with Crippen LogP contribution in [0.2, 0.25) is 0 Å². The summed E-state index contributed by atoms with van der Waals surface area (Å²) in [4.78, 5) is 4.46. The second kappa shape index (κ2) is 6.48. The molecule has 0 amide bonds. The zero-order chi connectivity index (χ0) is 14.5. The molecule has 0 spiro atoms. The summed E-state index contributed by atoms with van der Waals surface area (Å²) in [6.07, 6.45) is 1.89. The van der Waals surface area contributed by atoms with Crippen LogP contribution >= 0.6 is 0 Å². The van der Waals surface area contributed by atoms with Crippen molar-refractivity contribution < 1.29 is 9.13 Å². The molecule has 0 aliphatic rings. The van der Waals surface area contributed by atoms with E-state index in [0.29, 0.717) is 18.2 Å². The van der Waals surface area contributed by atoms with Crippen LogP contribution in [0.15, 0.2) is 30.3 Å². The maximum atomic E-state index is 13.1. The number of rotatable bonds is 5. The second-order valence-electron chi connectivity index (χ2n) is 4.77. The molecule has 0 radical (unpaired) electrons. The zero-order valence-corrected chi connectivity index (χ0v) is 11.8. The average Bonchev–Trinajstić information content (AvgIpc) is 2.42. The van der Waals surface area contributed by atoms with Crippen LogP contribution in [0.5, 0.6) is 11.6 Å². The lowest BCUT2D eigenvalue weighted by molar-refractivity contribution is 0.454. The second-order valence-corrected chi connectivity index (χ2v) is 4.77. The molecule has 4 heteroatoms. The van der Waals surface area contributed by atoms with Crippen molar-refractivity contribution in [1.82, 2.24) is 4.98 Å². The number of benzene rings is 1. The minimum Gasteiger partial charge on any atom is -0.439 e. The van der Waals surface area contributed by atoms with E-state index in [1.54, 1.807) is 13.0 Å². The molecule has 0 unspecified atom stereocenters. The zero-order valence-electron chi connectivity index (χ0n) is 11.8. The Balaban J connectivity index is 2.29. The van der Waals surface area contributed by atoms with Gasteiger partial charge in [0.2, 0.25) is 5.88 Å². The van der Waals surface area contributed by atoms with Gasteiger partial charge in [-0.25, -0.2) is 9.37 Å². The summed E-state index contributed by atoms with van der Waals surface area (Å²) < 4.78 is 18.8. The van der Waals surface area contributed by atoms with Gasteiger partial charge in [0.05, 0.1) is 0 Å². The number of nitrogens with zero attached hydrogens (tertiary/aromatic N) is 1. The molecule has 0 bridgehead atoms. The van der Waals surface area contributed by atoms with Gasteiger partial charge in [-0.05, 0) is 48.7 Å². The number of aryl methyl sites for hydroxylation is 2. The highest BCUT2D eigenvalue weighted by molar-refractivity contribution is 5.36. The SMILES string of the molecule is CCCc1cc(CN)cc(Oc2ccc(F)cc2C)n1. The number of pyridine rings is 1. The van der Waals surface area contributed by atoms with Crippen molar-refractivity contribution in [2.24, 2.45) is 5.73 Å². The van der Waals surface area contributed by atoms with Gasteiger partial charge in [0.25, 0.3) is 0 Å². The van der Waals surface area contributed by atoms with Crippen molar-refractivity contribution in [3.05, 3.63) is 53.0 Å². The third-order valence-electron chi connectivity index (χ3n) is 3.01. The fraction of sp³-hybridized carbons (Fsp3) is 0.312. The van der Waals surface area contributed by atoms with Crippen molar-refractivity contribution in [1.29, 1.82) is 0 Å². The van der Waals surface area contributed by atoms with Gasteiger partial charge in [-0.1, -0.05) is 13.3 Å². The van der Waals surface area contributed by atoms with E-state index in [0.717, 1.165) is 29.7 Å². The van der Waals surface area contributed by atoms with Crippen LogP contribution in [0.4, 0.5) is 4.39 Å². The Morgan fingerprint density at radius 1 is 1.25 bits per heavy atom. The Morgan fingerprint density at radius 2 is 2.05 bits per heavy atom. The largest absolute Gasteiger partial charge is 0.439 e. The summed E-state index contributed by atoms with van der Waals surface area (Å²) in [6.45, 7) is 4.34. The summed E-state index contributed by atoms with van der Waals surface area (Å²) in [5, 5.41) is 0. The van der Waals surface area contributed by atoms with E-state index < -0.39 is 0 Å². The summed E-state index contributed by atoms with van der Waals surface area (Å²) in [6, 6.07) is 8.24. The minimum absolute atomic E-state index is 0.273. The summed E-state index contributed by atoms with van der Waals surface area (Å²) in [5.41, 5.74) is 8.38. The molecule has 2 aromatic rings. The minimum atomic E-state index is -0.273. The lowest BCUT2D eigenvalue weighted by Gasteiger charge is -2.10. The first-order valence-corrected chi connectivity index (χ1v) is 6.76. The Kier molecular flexibility index (Phi) is 4.69. The molecule has 2 rings (SSSR count). The number of hydrogen-bond donors (Lipinski definition) is 1. The molecule has 1 heterocycles. The van der Waals surface area contributed by atoms with Crippen molar-refractivity contribution in [2.45, 2.75) is 33.2 Å². The Bertz CT molecular complexity index is 599. The van der Waals surface area contributed by atoms with Crippen molar-refractivity contribution >= 4 is 0 Å². The third-order valence-corrected chi connectivity index (χ3v) is 3.01. The molecular weight excluding hydrogens is 255 g/mol. The molecule has 0 saturated heterocycles. The van der Waals surface area contributed by atoms with E-state index in [-0.39, 0.29) is 5.82 Å². The van der Waals surface area contributed by atoms with Crippen molar-refractivity contribution in [3.63, 3.8) is 0 Å². The van der Waals surface area contributed by atoms with Gasteiger partial charge in [0.1, 0.15) is 11.6 Å². The number of nitrogens with two attached hydrogens (primary N) is 1. The molecule has 0 aliphatic carbocycles. The van der Waals surface area contributed by atoms with E-state index in [1.807, 2.05) is 12.1 Å². The van der Waals surface area contributed by atoms with E-state index in [4.69, 9.17) is 10.5 Å². The molecule has 106 valence electrons. The molecule has 1 aromatic carbocycles. The highest BCUT2D eigenvalue weighted by Gasteiger charge is 2.07. The highest BCUT2D eigenvalue weighted by Crippen LogP contribution is 2.25. The molecule has 3 nitrogen and oxygen atoms in total. The summed E-state index contributed by atoms with van der Waals surface area (Å²) >= 11 is 0. The van der Waals surface area contributed by atoms with Crippen LogP contribution in [0.3, 0.4) is 0 Å². The molecule has 0 atom stereocenters. The summed E-state index contributed by atoms with van der Waals surface area (Å²) in [5.74, 6) is 0.840. The smallest absolute Gasteiger partial charge is 0.219 e. The van der Waals surface area contributed by atoms with Crippen LogP contribution in [-0.4, -0.2) is 4.98 Å². The number of halogens is 1. The molecule has 2 N–H and O–H groups in total. The first-order chi connectivity index (χ1) is 9.62. The monoisotopic (exact) mass is 274 g/mol. The van der Waals surface area contributed by atoms with E-state index in [2.05, 4.69) is 11.9 Å². The molecule has 0 saturated carbocycles. The molecular formula is C16H19FN2O. The maximum Gasteiger partial charge on any atom is 0.219 e. The topological polar surface area (TPSA) is 48.1 Å². The van der Waals surface area contributed by atoms with Crippen LogP contribution < -0.4 is 10.5 Å². The van der Waals surface area contributed by atoms with E-state index in [9.17, 15) is 4.39 Å². The van der Waals surface area contributed by atoms with Crippen molar-refractivity contribution in [3.8, 4) is 11.6 Å². The highest BCUT2D eigenvalue weighted by atomic mass is 19.1. The molecule has 0 fully saturated rings.